The quantitative estimate of drug-likeness (QED) is 0.322. The summed E-state index contributed by atoms with van der Waals surface area (Å²) in [5.41, 5.74) is 1.73. The third-order valence-corrected chi connectivity index (χ3v) is 21.8. The van der Waals surface area contributed by atoms with Crippen molar-refractivity contribution in [2.45, 2.75) is 75.5 Å². The van der Waals surface area contributed by atoms with E-state index in [1.165, 1.54) is 64.2 Å². The normalized spacial score (nSPS) is 21.8. The zero-order valence-electron chi connectivity index (χ0n) is 15.8. The summed E-state index contributed by atoms with van der Waals surface area (Å²) in [5.74, 6) is 0. The Morgan fingerprint density at radius 2 is 0.885 bits per heavy atom. The fourth-order valence-corrected chi connectivity index (χ4v) is 18.1. The topological polar surface area (TPSA) is 0 Å². The van der Waals surface area contributed by atoms with Gasteiger partial charge in [0.15, 0.2) is 0 Å². The Morgan fingerprint density at radius 1 is 0.538 bits per heavy atom. The maximum atomic E-state index is 3.11. The van der Waals surface area contributed by atoms with E-state index in [4.69, 9.17) is 0 Å². The van der Waals surface area contributed by atoms with Gasteiger partial charge in [0.2, 0.25) is 0 Å². The van der Waals surface area contributed by atoms with Crippen LogP contribution >= 0.6 is 26.3 Å². The number of benzene rings is 2. The molecule has 0 heterocycles. The van der Waals surface area contributed by atoms with Crippen LogP contribution in [0.2, 0.25) is 0 Å². The van der Waals surface area contributed by atoms with Gasteiger partial charge in [-0.15, -0.1) is 0 Å². The summed E-state index contributed by atoms with van der Waals surface area (Å²) in [6.07, 6.45) is 14.3. The van der Waals surface area contributed by atoms with Crippen molar-refractivity contribution in [3.05, 3.63) is 60.7 Å². The molecule has 26 heavy (non-hydrogen) atoms. The molecule has 0 aliphatic heterocycles. The molecule has 0 bridgehead atoms. The Labute approximate surface area is 172 Å². The molecule has 2 aliphatic rings. The van der Waals surface area contributed by atoms with Crippen molar-refractivity contribution in [3.8, 4) is 0 Å². The predicted octanol–water partition coefficient (Wildman–Crippen LogP) is 7.21. The van der Waals surface area contributed by atoms with Crippen LogP contribution in [0, 0.1) is 0 Å². The van der Waals surface area contributed by atoms with Gasteiger partial charge in [0.05, 0.1) is 0 Å². The van der Waals surface area contributed by atoms with E-state index >= 15 is 0 Å². The maximum absolute atomic E-state index is 3.11. The molecule has 2 saturated carbocycles. The summed E-state index contributed by atoms with van der Waals surface area (Å²) in [7, 11) is 0. The molecule has 2 fully saturated rings. The van der Waals surface area contributed by atoms with Crippen LogP contribution in [0.3, 0.4) is 0 Å². The second-order valence-electron chi connectivity index (χ2n) is 8.40. The Bertz CT molecular complexity index is 638. The molecule has 0 amide bonds. The van der Waals surface area contributed by atoms with Crippen molar-refractivity contribution >= 4 is 36.9 Å². The fraction of sp³-hybridized carbons (Fsp3) is 0.500. The summed E-state index contributed by atoms with van der Waals surface area (Å²) in [5, 5.41) is 3.37. The van der Waals surface area contributed by atoms with Gasteiger partial charge in [-0.05, 0) is 0 Å². The van der Waals surface area contributed by atoms with Gasteiger partial charge in [0, 0.05) is 0 Å². The molecule has 140 valence electrons. The van der Waals surface area contributed by atoms with Gasteiger partial charge in [-0.3, -0.25) is 0 Å². The van der Waals surface area contributed by atoms with E-state index < -0.39 is 4.25 Å². The average molecular weight is 478 g/mol. The monoisotopic (exact) mass is 478 g/mol. The minimum atomic E-state index is -2.29. The van der Waals surface area contributed by atoms with Gasteiger partial charge in [0.25, 0.3) is 0 Å². The van der Waals surface area contributed by atoms with Crippen molar-refractivity contribution in [2.24, 2.45) is 0 Å². The second-order valence-corrected chi connectivity index (χ2v) is 19.4. The Hall–Kier alpha value is -0.400. The summed E-state index contributed by atoms with van der Waals surface area (Å²) in [4.78, 5) is 0. The molecular formula is C24H32IP. The van der Waals surface area contributed by atoms with Crippen molar-refractivity contribution in [1.29, 1.82) is 0 Å². The molecule has 2 aliphatic carbocycles. The summed E-state index contributed by atoms with van der Waals surface area (Å²) in [6, 6.07) is 23.5. The van der Waals surface area contributed by atoms with Gasteiger partial charge < -0.3 is 0 Å². The van der Waals surface area contributed by atoms with E-state index in [1.807, 2.05) is 0 Å². The van der Waals surface area contributed by atoms with E-state index in [2.05, 4.69) is 82.7 Å². The molecule has 2 aromatic carbocycles. The first-order chi connectivity index (χ1) is 12.7. The van der Waals surface area contributed by atoms with Crippen molar-refractivity contribution in [2.75, 3.05) is 0 Å². The number of hydrogen-bond acceptors (Lipinski definition) is 0. The van der Waals surface area contributed by atoms with Crippen LogP contribution in [0.4, 0.5) is 0 Å². The Kier molecular flexibility index (Phi) is 5.77. The van der Waals surface area contributed by atoms with Crippen molar-refractivity contribution in [1.82, 2.24) is 0 Å². The number of halogens is 1. The van der Waals surface area contributed by atoms with Crippen LogP contribution in [0.15, 0.2) is 60.7 Å². The first-order valence-corrected chi connectivity index (χ1v) is 15.7. The average Bonchev–Trinajstić information content (AvgIpc) is 2.76. The Balaban J connectivity index is 1.99. The fourth-order valence-electron chi connectivity index (χ4n) is 5.92. The van der Waals surface area contributed by atoms with E-state index in [-0.39, 0.29) is 0 Å². The molecule has 0 nitrogen and oxygen atoms in total. The first kappa shape index (κ1) is 18.9. The van der Waals surface area contributed by atoms with Crippen LogP contribution in [-0.2, 0) is 0 Å². The minimum absolute atomic E-state index is 0.864. The van der Waals surface area contributed by atoms with Gasteiger partial charge in [0.1, 0.15) is 0 Å². The summed E-state index contributed by atoms with van der Waals surface area (Å²) < 4.78 is -2.29. The molecule has 0 aromatic heterocycles. The summed E-state index contributed by atoms with van der Waals surface area (Å²) >= 11 is 3.11. The van der Waals surface area contributed by atoms with Gasteiger partial charge >= 0.3 is 173 Å². The molecule has 0 atom stereocenters. The molecule has 4 rings (SSSR count). The zero-order chi connectivity index (χ0) is 17.9. The van der Waals surface area contributed by atoms with Crippen LogP contribution in [0.5, 0.6) is 0 Å². The standard InChI is InChI=1S/C24H32IP/c25-26(21-13-5-1-6-14-21,22-15-7-2-8-16-22,23-17-9-3-10-18-23)24-19-11-4-12-20-24/h1-2,5-8,13-16,23-24H,3-4,9-12,17-20H2. The van der Waals surface area contributed by atoms with Crippen molar-refractivity contribution < 1.29 is 0 Å². The molecule has 0 saturated heterocycles. The Morgan fingerprint density at radius 3 is 1.23 bits per heavy atom. The molecule has 0 spiro atoms. The van der Waals surface area contributed by atoms with E-state index in [1.54, 1.807) is 10.6 Å². The van der Waals surface area contributed by atoms with Crippen LogP contribution in [-0.4, -0.2) is 11.3 Å². The molecule has 0 radical (unpaired) electrons. The van der Waals surface area contributed by atoms with Gasteiger partial charge in [-0.25, -0.2) is 0 Å². The zero-order valence-corrected chi connectivity index (χ0v) is 18.9. The SMILES string of the molecule is IP(c1ccccc1)(c1ccccc1)(C1CCCCC1)C1CCCCC1. The third-order valence-electron chi connectivity index (χ3n) is 7.14. The van der Waals surface area contributed by atoms with Crippen LogP contribution in [0.25, 0.3) is 0 Å². The van der Waals surface area contributed by atoms with E-state index in [9.17, 15) is 0 Å². The molecular weight excluding hydrogens is 446 g/mol. The van der Waals surface area contributed by atoms with E-state index in [0.717, 1.165) is 11.3 Å². The second kappa shape index (κ2) is 7.92. The van der Waals surface area contributed by atoms with Crippen LogP contribution in [0.1, 0.15) is 64.2 Å². The number of hydrogen-bond donors (Lipinski definition) is 0. The molecule has 0 unspecified atom stereocenters. The molecule has 2 aromatic rings. The summed E-state index contributed by atoms with van der Waals surface area (Å²) in [6.45, 7) is 0. The number of rotatable bonds is 4. The molecule has 0 N–H and O–H groups in total. The molecule has 2 heteroatoms. The van der Waals surface area contributed by atoms with Crippen molar-refractivity contribution in [3.63, 3.8) is 0 Å². The third kappa shape index (κ3) is 2.98. The van der Waals surface area contributed by atoms with E-state index in [0.29, 0.717) is 0 Å². The van der Waals surface area contributed by atoms with Gasteiger partial charge in [-0.1, -0.05) is 0 Å². The van der Waals surface area contributed by atoms with Crippen LogP contribution < -0.4 is 10.6 Å². The predicted molar refractivity (Wildman–Crippen MR) is 127 cm³/mol. The van der Waals surface area contributed by atoms with Gasteiger partial charge in [-0.2, -0.15) is 0 Å². The first-order valence-electron chi connectivity index (χ1n) is 10.6.